The van der Waals surface area contributed by atoms with Gasteiger partial charge in [-0.05, 0) is 86.8 Å². The summed E-state index contributed by atoms with van der Waals surface area (Å²) in [6.07, 6.45) is -4.06. The number of alkyl halides is 4. The standard InChI is InChI=1S/C25H19F7N2O3.C6H12.C3H6.2C2H6/c1-13(35)33-12-17-8-15(4-7-21(17)28)22(34-23(36)14-2-5-18(26)6-3-14)16-9-19(27)11-20(10-16)37-25(31,32)24(29)30;1-4-6(3)5-2;1-3-2;2*1-2/h2-11,22,24H,12H2,1H3,(H,33,35)(H,34,36);4H,5H2,1-3H3;3H,1H2,2H3;2*1-2H3/b;6-4-;;;. The lowest BCUT2D eigenvalue weighted by Crippen LogP contribution is -2.33. The number of allylic oxidation sites excluding steroid dienone is 3. The summed E-state index contributed by atoms with van der Waals surface area (Å²) in [5.74, 6) is -4.72. The molecule has 0 heterocycles. The van der Waals surface area contributed by atoms with Crippen molar-refractivity contribution in [3.8, 4) is 5.75 Å². The van der Waals surface area contributed by atoms with E-state index in [1.165, 1.54) is 31.1 Å². The zero-order chi connectivity index (χ0) is 39.0. The first-order valence-corrected chi connectivity index (χ1v) is 16.0. The number of hydrogen-bond acceptors (Lipinski definition) is 3. The first kappa shape index (κ1) is 47.5. The number of amides is 2. The van der Waals surface area contributed by atoms with Crippen LogP contribution in [0.15, 0.2) is 85.0 Å². The molecule has 2 N–H and O–H groups in total. The molecular weight excluding hydrogens is 665 g/mol. The van der Waals surface area contributed by atoms with E-state index in [0.717, 1.165) is 42.5 Å². The molecule has 12 heteroatoms. The minimum absolute atomic E-state index is 0.0224. The van der Waals surface area contributed by atoms with Crippen molar-refractivity contribution in [1.29, 1.82) is 0 Å². The van der Waals surface area contributed by atoms with Crippen LogP contribution in [-0.2, 0) is 11.3 Å². The second-order valence-electron chi connectivity index (χ2n) is 9.76. The number of carbonyl (C=O) groups is 2. The van der Waals surface area contributed by atoms with Gasteiger partial charge in [-0.1, -0.05) is 58.4 Å². The minimum Gasteiger partial charge on any atom is -0.428 e. The fourth-order valence-corrected chi connectivity index (χ4v) is 3.52. The molecule has 0 bridgehead atoms. The van der Waals surface area contributed by atoms with Crippen LogP contribution < -0.4 is 15.4 Å². The highest BCUT2D eigenvalue weighted by Crippen LogP contribution is 2.32. The van der Waals surface area contributed by atoms with Crippen molar-refractivity contribution in [2.45, 2.75) is 93.9 Å². The molecule has 50 heavy (non-hydrogen) atoms. The molecule has 5 nitrogen and oxygen atoms in total. The Morgan fingerprint density at radius 2 is 1.42 bits per heavy atom. The van der Waals surface area contributed by atoms with E-state index < -0.39 is 53.6 Å². The lowest BCUT2D eigenvalue weighted by Gasteiger charge is -2.23. The quantitative estimate of drug-likeness (QED) is 0.162. The Kier molecular flexibility index (Phi) is 24.1. The van der Waals surface area contributed by atoms with Gasteiger partial charge in [0.25, 0.3) is 5.91 Å². The summed E-state index contributed by atoms with van der Waals surface area (Å²) in [4.78, 5) is 24.1. The summed E-state index contributed by atoms with van der Waals surface area (Å²) in [5, 5.41) is 4.91. The molecule has 0 saturated carbocycles. The third-order valence-corrected chi connectivity index (χ3v) is 6.10. The van der Waals surface area contributed by atoms with E-state index in [-0.39, 0.29) is 28.8 Å². The predicted octanol–water partition coefficient (Wildman–Crippen LogP) is 11.1. The van der Waals surface area contributed by atoms with Gasteiger partial charge >= 0.3 is 12.5 Å². The SMILES string of the molecule is C/C=C(/C)CC.C=CC.CC.CC.CC(=O)NCc1cc(C(NC(=O)c2ccc(F)cc2)c2cc(F)cc(OC(F)(F)C(F)F)c2)ccc1F. The Bertz CT molecular complexity index is 1480. The van der Waals surface area contributed by atoms with E-state index in [9.17, 15) is 40.3 Å². The van der Waals surface area contributed by atoms with Crippen LogP contribution in [0.25, 0.3) is 0 Å². The van der Waals surface area contributed by atoms with Crippen molar-refractivity contribution in [1.82, 2.24) is 10.6 Å². The van der Waals surface area contributed by atoms with Gasteiger partial charge < -0.3 is 15.4 Å². The van der Waals surface area contributed by atoms with Crippen LogP contribution in [0, 0.1) is 17.5 Å². The van der Waals surface area contributed by atoms with Gasteiger partial charge in [-0.25, -0.2) is 13.2 Å². The Balaban J connectivity index is 0. The van der Waals surface area contributed by atoms with Gasteiger partial charge in [-0.2, -0.15) is 17.6 Å². The fourth-order valence-electron chi connectivity index (χ4n) is 3.52. The van der Waals surface area contributed by atoms with E-state index in [1.54, 1.807) is 6.08 Å². The van der Waals surface area contributed by atoms with Crippen LogP contribution >= 0.6 is 0 Å². The summed E-state index contributed by atoms with van der Waals surface area (Å²) in [5.41, 5.74) is 1.33. The lowest BCUT2D eigenvalue weighted by atomic mass is 9.96. The molecule has 0 fully saturated rings. The van der Waals surface area contributed by atoms with Gasteiger partial charge in [0, 0.05) is 30.7 Å². The monoisotopic (exact) mass is 714 g/mol. The van der Waals surface area contributed by atoms with Crippen LogP contribution in [0.4, 0.5) is 30.7 Å². The lowest BCUT2D eigenvalue weighted by molar-refractivity contribution is -0.253. The van der Waals surface area contributed by atoms with Gasteiger partial charge in [0.2, 0.25) is 5.91 Å². The first-order valence-electron chi connectivity index (χ1n) is 16.0. The number of carbonyl (C=O) groups excluding carboxylic acids is 2. The van der Waals surface area contributed by atoms with Crippen molar-refractivity contribution in [3.05, 3.63) is 125 Å². The summed E-state index contributed by atoms with van der Waals surface area (Å²) < 4.78 is 98.1. The van der Waals surface area contributed by atoms with E-state index in [0.29, 0.717) is 6.07 Å². The minimum atomic E-state index is -4.93. The fraction of sp³-hybridized carbons (Fsp3) is 0.368. The van der Waals surface area contributed by atoms with Crippen molar-refractivity contribution in [2.24, 2.45) is 0 Å². The van der Waals surface area contributed by atoms with E-state index >= 15 is 0 Å². The molecule has 3 rings (SSSR count). The number of halogens is 7. The van der Waals surface area contributed by atoms with Gasteiger partial charge in [0.05, 0.1) is 6.04 Å². The van der Waals surface area contributed by atoms with Crippen molar-refractivity contribution < 1.29 is 45.1 Å². The molecular formula is C38H49F7N2O3. The summed E-state index contributed by atoms with van der Waals surface area (Å²) >= 11 is 0. The Labute approximate surface area is 291 Å². The molecule has 0 saturated heterocycles. The van der Waals surface area contributed by atoms with Crippen molar-refractivity contribution >= 4 is 11.8 Å². The Hall–Kier alpha value is -4.61. The average molecular weight is 715 g/mol. The Morgan fingerprint density at radius 1 is 0.860 bits per heavy atom. The third-order valence-electron chi connectivity index (χ3n) is 6.10. The third kappa shape index (κ3) is 17.7. The van der Waals surface area contributed by atoms with E-state index in [1.807, 2.05) is 34.6 Å². The molecule has 0 aromatic heterocycles. The van der Waals surface area contributed by atoms with Crippen molar-refractivity contribution in [2.75, 3.05) is 0 Å². The molecule has 3 aromatic rings. The van der Waals surface area contributed by atoms with Gasteiger partial charge in [0.1, 0.15) is 23.2 Å². The van der Waals surface area contributed by atoms with Gasteiger partial charge in [-0.3, -0.25) is 9.59 Å². The van der Waals surface area contributed by atoms with E-state index in [4.69, 9.17) is 0 Å². The van der Waals surface area contributed by atoms with Crippen LogP contribution in [-0.4, -0.2) is 24.3 Å². The molecule has 3 aromatic carbocycles. The van der Waals surface area contributed by atoms with Gasteiger partial charge in [-0.15, -0.1) is 6.58 Å². The number of benzene rings is 3. The van der Waals surface area contributed by atoms with Gasteiger partial charge in [0.15, 0.2) is 0 Å². The molecule has 278 valence electrons. The van der Waals surface area contributed by atoms with Crippen LogP contribution in [0.2, 0.25) is 0 Å². The number of nitrogens with one attached hydrogen (secondary N) is 2. The predicted molar refractivity (Wildman–Crippen MR) is 186 cm³/mol. The first-order chi connectivity index (χ1) is 23.6. The topological polar surface area (TPSA) is 67.4 Å². The number of hydrogen-bond donors (Lipinski definition) is 2. The second-order valence-corrected chi connectivity index (χ2v) is 9.76. The maximum atomic E-state index is 14.4. The largest absolute Gasteiger partial charge is 0.461 e. The smallest absolute Gasteiger partial charge is 0.428 e. The maximum absolute atomic E-state index is 14.4. The Morgan fingerprint density at radius 3 is 1.88 bits per heavy atom. The second kappa shape index (κ2) is 25.4. The molecule has 0 aliphatic rings. The number of ether oxygens (including phenoxy) is 1. The normalized spacial score (nSPS) is 11.0. The highest BCUT2D eigenvalue weighted by atomic mass is 19.3. The summed E-state index contributed by atoms with van der Waals surface area (Å²) in [7, 11) is 0. The molecule has 2 amide bonds. The summed E-state index contributed by atoms with van der Waals surface area (Å²) in [6, 6.07) is 8.52. The van der Waals surface area contributed by atoms with Crippen LogP contribution in [0.1, 0.15) is 102 Å². The van der Waals surface area contributed by atoms with Crippen LogP contribution in [0.3, 0.4) is 0 Å². The number of rotatable bonds is 10. The molecule has 0 spiro atoms. The average Bonchev–Trinajstić information content (AvgIpc) is 3.08. The highest BCUT2D eigenvalue weighted by molar-refractivity contribution is 5.94. The molecule has 1 atom stereocenters. The van der Waals surface area contributed by atoms with Crippen LogP contribution in [0.5, 0.6) is 5.75 Å². The van der Waals surface area contributed by atoms with Crippen molar-refractivity contribution in [3.63, 3.8) is 0 Å². The molecule has 0 radical (unpaired) electrons. The zero-order valence-electron chi connectivity index (χ0n) is 30.1. The zero-order valence-corrected chi connectivity index (χ0v) is 30.1. The van der Waals surface area contributed by atoms with E-state index in [2.05, 4.69) is 48.8 Å². The molecule has 1 unspecified atom stereocenters. The molecule has 0 aliphatic heterocycles. The molecule has 0 aliphatic carbocycles. The highest BCUT2D eigenvalue weighted by Gasteiger charge is 2.44. The summed E-state index contributed by atoms with van der Waals surface area (Å²) in [6.45, 7) is 20.6. The maximum Gasteiger partial charge on any atom is 0.461 e.